The fraction of sp³-hybridized carbons (Fsp3) is 0.0800. The lowest BCUT2D eigenvalue weighted by atomic mass is 10.0. The van der Waals surface area contributed by atoms with E-state index in [4.69, 9.17) is 0 Å². The number of carbonyl (C=O) groups is 1. The molecule has 172 valence electrons. The molecule has 1 aromatic heterocycles. The number of nitrogens with one attached hydrogen (secondary N) is 2. The maximum absolute atomic E-state index is 13.1. The molecule has 0 atom stereocenters. The molecule has 0 radical (unpaired) electrons. The van der Waals surface area contributed by atoms with E-state index in [1.165, 1.54) is 36.4 Å². The number of amides is 1. The number of nitrogens with zero attached hydrogens (tertiary/aromatic N) is 1. The van der Waals surface area contributed by atoms with E-state index in [9.17, 15) is 28.1 Å². The number of hydrogen-bond donors (Lipinski definition) is 2. The lowest BCUT2D eigenvalue weighted by molar-refractivity contribution is -0.384. The van der Waals surface area contributed by atoms with Crippen molar-refractivity contribution in [3.05, 3.63) is 112 Å². The number of hydrogen-bond acceptors (Lipinski definition) is 3. The highest BCUT2D eigenvalue weighted by atomic mass is 19.4. The van der Waals surface area contributed by atoms with Gasteiger partial charge in [-0.2, -0.15) is 13.2 Å². The smallest absolute Gasteiger partial charge is 0.354 e. The van der Waals surface area contributed by atoms with Crippen molar-refractivity contribution in [3.63, 3.8) is 0 Å². The summed E-state index contributed by atoms with van der Waals surface area (Å²) in [4.78, 5) is 27.1. The van der Waals surface area contributed by atoms with Crippen molar-refractivity contribution in [2.75, 3.05) is 0 Å². The summed E-state index contributed by atoms with van der Waals surface area (Å²) in [5, 5.41) is 14.4. The summed E-state index contributed by atoms with van der Waals surface area (Å²) in [6.07, 6.45) is -4.48. The topological polar surface area (TPSA) is 88.0 Å². The second kappa shape index (κ2) is 9.22. The molecule has 0 saturated carbocycles. The molecule has 4 rings (SSSR count). The quantitative estimate of drug-likeness (QED) is 0.262. The van der Waals surface area contributed by atoms with Gasteiger partial charge in [-0.1, -0.05) is 54.6 Å². The molecule has 0 fully saturated rings. The lowest BCUT2D eigenvalue weighted by Crippen LogP contribution is -2.23. The number of nitro benzene ring substituents is 1. The molecule has 0 spiro atoms. The van der Waals surface area contributed by atoms with Crippen LogP contribution in [0.25, 0.3) is 22.5 Å². The molecule has 0 aliphatic carbocycles. The number of benzene rings is 3. The largest absolute Gasteiger partial charge is 0.416 e. The zero-order valence-electron chi connectivity index (χ0n) is 17.6. The van der Waals surface area contributed by atoms with E-state index >= 15 is 0 Å². The molecular formula is C25H18F3N3O3. The Morgan fingerprint density at radius 2 is 1.59 bits per heavy atom. The molecular weight excluding hydrogens is 447 g/mol. The summed E-state index contributed by atoms with van der Waals surface area (Å²) in [6.45, 7) is 0.233. The van der Waals surface area contributed by atoms with Crippen molar-refractivity contribution in [1.29, 1.82) is 0 Å². The Balaban J connectivity index is 1.75. The van der Waals surface area contributed by atoms with Crippen molar-refractivity contribution in [2.24, 2.45) is 0 Å². The summed E-state index contributed by atoms with van der Waals surface area (Å²) in [7, 11) is 0. The van der Waals surface area contributed by atoms with Crippen LogP contribution in [-0.2, 0) is 12.7 Å². The lowest BCUT2D eigenvalue weighted by Gasteiger charge is -2.07. The molecule has 2 N–H and O–H groups in total. The number of carbonyl (C=O) groups excluding carboxylic acids is 1. The van der Waals surface area contributed by atoms with Gasteiger partial charge in [-0.3, -0.25) is 14.9 Å². The number of alkyl halides is 3. The minimum absolute atomic E-state index is 0.139. The first-order valence-corrected chi connectivity index (χ1v) is 10.2. The van der Waals surface area contributed by atoms with Gasteiger partial charge in [0.2, 0.25) is 0 Å². The summed E-state index contributed by atoms with van der Waals surface area (Å²) in [5.74, 6) is -0.480. The number of para-hydroxylation sites is 1. The van der Waals surface area contributed by atoms with Gasteiger partial charge in [-0.05, 0) is 35.4 Å². The van der Waals surface area contributed by atoms with Crippen LogP contribution in [0.15, 0.2) is 84.9 Å². The highest BCUT2D eigenvalue weighted by Gasteiger charge is 2.30. The second-order valence-corrected chi connectivity index (χ2v) is 7.49. The van der Waals surface area contributed by atoms with Gasteiger partial charge in [0.25, 0.3) is 11.6 Å². The van der Waals surface area contributed by atoms with E-state index < -0.39 is 22.6 Å². The Morgan fingerprint density at radius 3 is 2.24 bits per heavy atom. The average Bonchev–Trinajstić information content (AvgIpc) is 3.28. The van der Waals surface area contributed by atoms with Gasteiger partial charge in [0.1, 0.15) is 0 Å². The molecule has 3 aromatic carbocycles. The molecule has 0 aliphatic heterocycles. The Morgan fingerprint density at radius 1 is 0.941 bits per heavy atom. The van der Waals surface area contributed by atoms with Crippen molar-refractivity contribution < 1.29 is 22.9 Å². The standard InChI is InChI=1S/C25H18F3N3O3/c26-25(27,28)18-12-10-17(11-13-18)21-14-20(24(32)29-15-16-6-2-1-3-7-16)23(30-21)19-8-4-5-9-22(19)31(33)34/h1-14,30H,15H2,(H,29,32). The number of aromatic amines is 1. The molecule has 6 nitrogen and oxygen atoms in total. The molecule has 0 bridgehead atoms. The first-order chi connectivity index (χ1) is 16.2. The first-order valence-electron chi connectivity index (χ1n) is 10.2. The van der Waals surface area contributed by atoms with Gasteiger partial charge in [0.05, 0.1) is 27.3 Å². The summed E-state index contributed by atoms with van der Waals surface area (Å²) in [6, 6.07) is 21.1. The Bertz CT molecular complexity index is 1330. The van der Waals surface area contributed by atoms with E-state index in [-0.39, 0.29) is 29.1 Å². The molecule has 4 aromatic rings. The van der Waals surface area contributed by atoms with Gasteiger partial charge in [0, 0.05) is 18.3 Å². The first kappa shape index (κ1) is 22.8. The van der Waals surface area contributed by atoms with Crippen LogP contribution in [0.4, 0.5) is 18.9 Å². The van der Waals surface area contributed by atoms with Crippen LogP contribution in [0.2, 0.25) is 0 Å². The van der Waals surface area contributed by atoms with Gasteiger partial charge in [0.15, 0.2) is 0 Å². The number of H-pyrrole nitrogens is 1. The highest BCUT2D eigenvalue weighted by Crippen LogP contribution is 2.36. The van der Waals surface area contributed by atoms with E-state index in [1.807, 2.05) is 30.3 Å². The molecule has 0 saturated heterocycles. The van der Waals surface area contributed by atoms with Gasteiger partial charge in [-0.15, -0.1) is 0 Å². The average molecular weight is 465 g/mol. The molecule has 1 heterocycles. The van der Waals surface area contributed by atoms with Crippen LogP contribution in [0, 0.1) is 10.1 Å². The summed E-state index contributed by atoms with van der Waals surface area (Å²) < 4.78 is 38.8. The zero-order valence-corrected chi connectivity index (χ0v) is 17.6. The van der Waals surface area contributed by atoms with Crippen LogP contribution in [-0.4, -0.2) is 15.8 Å². The summed E-state index contributed by atoms with van der Waals surface area (Å²) >= 11 is 0. The summed E-state index contributed by atoms with van der Waals surface area (Å²) in [5.41, 5.74) is 1.13. The molecule has 9 heteroatoms. The minimum atomic E-state index is -4.48. The Hall–Kier alpha value is -4.40. The normalized spacial score (nSPS) is 11.3. The van der Waals surface area contributed by atoms with Crippen LogP contribution in [0.3, 0.4) is 0 Å². The fourth-order valence-electron chi connectivity index (χ4n) is 3.56. The third-order valence-corrected chi connectivity index (χ3v) is 5.25. The second-order valence-electron chi connectivity index (χ2n) is 7.49. The van der Waals surface area contributed by atoms with Gasteiger partial charge < -0.3 is 10.3 Å². The third kappa shape index (κ3) is 4.83. The monoisotopic (exact) mass is 465 g/mol. The predicted octanol–water partition coefficient (Wildman–Crippen LogP) is 6.21. The molecule has 0 unspecified atom stereocenters. The van der Waals surface area contributed by atoms with Crippen LogP contribution >= 0.6 is 0 Å². The van der Waals surface area contributed by atoms with Crippen LogP contribution in [0.1, 0.15) is 21.5 Å². The van der Waals surface area contributed by atoms with E-state index in [0.29, 0.717) is 11.3 Å². The highest BCUT2D eigenvalue weighted by molar-refractivity contribution is 6.02. The SMILES string of the molecule is O=C(NCc1ccccc1)c1cc(-c2ccc(C(F)(F)F)cc2)[nH]c1-c1ccccc1[N+](=O)[O-]. The van der Waals surface area contributed by atoms with Crippen molar-refractivity contribution >= 4 is 11.6 Å². The van der Waals surface area contributed by atoms with Crippen molar-refractivity contribution in [1.82, 2.24) is 10.3 Å². The Labute approximate surface area is 192 Å². The fourth-order valence-corrected chi connectivity index (χ4v) is 3.56. The van der Waals surface area contributed by atoms with Crippen molar-refractivity contribution in [3.8, 4) is 22.5 Å². The maximum Gasteiger partial charge on any atom is 0.416 e. The maximum atomic E-state index is 13.1. The number of rotatable bonds is 6. The van der Waals surface area contributed by atoms with E-state index in [0.717, 1.165) is 17.7 Å². The van der Waals surface area contributed by atoms with Crippen LogP contribution < -0.4 is 5.32 Å². The number of aromatic nitrogens is 1. The van der Waals surface area contributed by atoms with Crippen molar-refractivity contribution in [2.45, 2.75) is 12.7 Å². The Kier molecular flexibility index (Phi) is 6.18. The molecule has 1 amide bonds. The predicted molar refractivity (Wildman–Crippen MR) is 121 cm³/mol. The molecule has 0 aliphatic rings. The van der Waals surface area contributed by atoms with E-state index in [1.54, 1.807) is 6.07 Å². The van der Waals surface area contributed by atoms with Crippen LogP contribution in [0.5, 0.6) is 0 Å². The van der Waals surface area contributed by atoms with E-state index in [2.05, 4.69) is 10.3 Å². The third-order valence-electron chi connectivity index (χ3n) is 5.25. The van der Waals surface area contributed by atoms with Gasteiger partial charge in [-0.25, -0.2) is 0 Å². The number of nitro groups is 1. The number of halogens is 3. The van der Waals surface area contributed by atoms with Gasteiger partial charge >= 0.3 is 6.18 Å². The molecule has 34 heavy (non-hydrogen) atoms. The minimum Gasteiger partial charge on any atom is -0.354 e. The zero-order chi connectivity index (χ0) is 24.3.